The maximum absolute atomic E-state index is 14.0. The van der Waals surface area contributed by atoms with E-state index in [2.05, 4.69) is 16.0 Å². The number of nitrogens with two attached hydrogens (primary N) is 2. The van der Waals surface area contributed by atoms with Gasteiger partial charge in [-0.2, -0.15) is 0 Å². The molecule has 1 aliphatic carbocycles. The lowest BCUT2D eigenvalue weighted by Crippen LogP contribution is -2.65. The van der Waals surface area contributed by atoms with Crippen LogP contribution in [-0.4, -0.2) is 96.2 Å². The van der Waals surface area contributed by atoms with Crippen molar-refractivity contribution >= 4 is 29.5 Å². The standard InChI is InChI=1S/C41H59N7O5/c1-28(2)23-34(46-38(51)35(25-30-13-7-4-8-14-30)45-36(49)32(43)24-29-11-5-3-6-12-29)37(50)44-33(15-9-10-20-42)40(53)48-26-41(27-48)18-21-47(22-19-41)39(52)31-16-17-31/h3-8,11-14,28,31-35H,9-10,15-27,42-43H2,1-2H3,(H,44,50)(H,45,49)(H,46,51)/t32-,33-,34?,35-/m1/s1. The number of hydrogen-bond donors (Lipinski definition) is 5. The lowest BCUT2D eigenvalue weighted by Gasteiger charge is -2.54. The van der Waals surface area contributed by atoms with Crippen molar-refractivity contribution in [3.8, 4) is 0 Å². The first-order valence-corrected chi connectivity index (χ1v) is 19.5. The van der Waals surface area contributed by atoms with Gasteiger partial charge >= 0.3 is 0 Å². The number of carbonyl (C=O) groups excluding carboxylic acids is 5. The molecule has 1 spiro atoms. The second-order valence-corrected chi connectivity index (χ2v) is 15.9. The zero-order chi connectivity index (χ0) is 38.0. The molecular weight excluding hydrogens is 670 g/mol. The number of nitrogens with zero attached hydrogens (tertiary/aromatic N) is 2. The number of nitrogens with one attached hydrogen (secondary N) is 3. The Hall–Kier alpha value is -4.29. The van der Waals surface area contributed by atoms with Gasteiger partial charge in [-0.05, 0) is 81.4 Å². The van der Waals surface area contributed by atoms with Crippen LogP contribution in [0.15, 0.2) is 60.7 Å². The first-order valence-electron chi connectivity index (χ1n) is 19.5. The molecule has 12 nitrogen and oxygen atoms in total. The van der Waals surface area contributed by atoms with Crippen molar-refractivity contribution in [1.29, 1.82) is 0 Å². The minimum absolute atomic E-state index is 0.0117. The van der Waals surface area contributed by atoms with Crippen LogP contribution in [0.25, 0.3) is 0 Å². The maximum Gasteiger partial charge on any atom is 0.245 e. The molecule has 0 radical (unpaired) electrons. The lowest BCUT2D eigenvalue weighted by molar-refractivity contribution is -0.153. The molecule has 1 unspecified atom stereocenters. The van der Waals surface area contributed by atoms with E-state index in [1.54, 1.807) is 0 Å². The van der Waals surface area contributed by atoms with E-state index in [1.807, 2.05) is 84.3 Å². The van der Waals surface area contributed by atoms with Crippen LogP contribution in [0.5, 0.6) is 0 Å². The number of benzene rings is 2. The van der Waals surface area contributed by atoms with Crippen LogP contribution >= 0.6 is 0 Å². The van der Waals surface area contributed by atoms with Crippen LogP contribution in [0.1, 0.15) is 76.3 Å². The van der Waals surface area contributed by atoms with Crippen molar-refractivity contribution < 1.29 is 24.0 Å². The molecule has 5 rings (SSSR count). The van der Waals surface area contributed by atoms with Crippen LogP contribution in [0.3, 0.4) is 0 Å². The quantitative estimate of drug-likeness (QED) is 0.146. The van der Waals surface area contributed by atoms with Gasteiger partial charge in [0.1, 0.15) is 18.1 Å². The normalized spacial score (nSPS) is 18.7. The van der Waals surface area contributed by atoms with Crippen molar-refractivity contribution in [2.45, 2.75) is 102 Å². The van der Waals surface area contributed by atoms with E-state index in [-0.39, 0.29) is 35.5 Å². The summed E-state index contributed by atoms with van der Waals surface area (Å²) < 4.78 is 0. The summed E-state index contributed by atoms with van der Waals surface area (Å²) in [6.07, 6.45) is 6.41. The molecule has 2 aliphatic heterocycles. The van der Waals surface area contributed by atoms with Gasteiger partial charge in [0.25, 0.3) is 0 Å². The van der Waals surface area contributed by atoms with Gasteiger partial charge in [0.15, 0.2) is 0 Å². The number of rotatable bonds is 18. The van der Waals surface area contributed by atoms with E-state index >= 15 is 0 Å². The predicted octanol–water partition coefficient (Wildman–Crippen LogP) is 2.29. The Bertz CT molecular complexity index is 1530. The summed E-state index contributed by atoms with van der Waals surface area (Å²) in [6, 6.07) is 15.2. The molecule has 0 bridgehead atoms. The van der Waals surface area contributed by atoms with E-state index in [9.17, 15) is 24.0 Å². The van der Waals surface area contributed by atoms with Crippen molar-refractivity contribution in [3.63, 3.8) is 0 Å². The molecule has 4 atom stereocenters. The molecule has 2 aromatic rings. The number of hydrogen-bond acceptors (Lipinski definition) is 7. The number of amides is 5. The molecule has 3 aliphatic rings. The van der Waals surface area contributed by atoms with Crippen molar-refractivity contribution in [2.24, 2.45) is 28.7 Å². The van der Waals surface area contributed by atoms with Crippen LogP contribution in [0.2, 0.25) is 0 Å². The van der Waals surface area contributed by atoms with Crippen LogP contribution in [-0.2, 0) is 36.8 Å². The summed E-state index contributed by atoms with van der Waals surface area (Å²) in [5.41, 5.74) is 13.8. The van der Waals surface area contributed by atoms with E-state index in [0.29, 0.717) is 51.7 Å². The Morgan fingerprint density at radius 2 is 1.28 bits per heavy atom. The summed E-state index contributed by atoms with van der Waals surface area (Å²) in [7, 11) is 0. The molecular formula is C41H59N7O5. The highest BCUT2D eigenvalue weighted by molar-refractivity contribution is 5.95. The third-order valence-electron chi connectivity index (χ3n) is 10.9. The Kier molecular flexibility index (Phi) is 14.0. The summed E-state index contributed by atoms with van der Waals surface area (Å²) in [5, 5.41) is 8.77. The number of likely N-dealkylation sites (tertiary alicyclic amines) is 2. The van der Waals surface area contributed by atoms with Gasteiger partial charge in [-0.1, -0.05) is 74.5 Å². The van der Waals surface area contributed by atoms with E-state index in [1.165, 1.54) is 0 Å². The largest absolute Gasteiger partial charge is 0.343 e. The monoisotopic (exact) mass is 729 g/mol. The molecule has 2 saturated heterocycles. The van der Waals surface area contributed by atoms with Gasteiger partial charge in [-0.3, -0.25) is 24.0 Å². The molecule has 288 valence electrons. The molecule has 0 aromatic heterocycles. The topological polar surface area (TPSA) is 180 Å². The maximum atomic E-state index is 14.0. The number of carbonyl (C=O) groups is 5. The highest BCUT2D eigenvalue weighted by Gasteiger charge is 2.49. The predicted molar refractivity (Wildman–Crippen MR) is 204 cm³/mol. The number of piperidine rings is 1. The van der Waals surface area contributed by atoms with Gasteiger partial charge in [-0.25, -0.2) is 0 Å². The van der Waals surface area contributed by atoms with Crippen LogP contribution in [0, 0.1) is 17.3 Å². The average Bonchev–Trinajstić information content (AvgIpc) is 3.99. The summed E-state index contributed by atoms with van der Waals surface area (Å²) in [6.45, 7) is 7.09. The second kappa shape index (κ2) is 18.6. The first kappa shape index (κ1) is 39.9. The van der Waals surface area contributed by atoms with Crippen molar-refractivity contribution in [3.05, 3.63) is 71.8 Å². The number of unbranched alkanes of at least 4 members (excludes halogenated alkanes) is 1. The molecule has 53 heavy (non-hydrogen) atoms. The Morgan fingerprint density at radius 1 is 0.736 bits per heavy atom. The van der Waals surface area contributed by atoms with Crippen LogP contribution < -0.4 is 27.4 Å². The highest BCUT2D eigenvalue weighted by Crippen LogP contribution is 2.42. The molecule has 5 amide bonds. The molecule has 2 heterocycles. The second-order valence-electron chi connectivity index (χ2n) is 15.9. The summed E-state index contributed by atoms with van der Waals surface area (Å²) in [5.74, 6) is -1.00. The minimum atomic E-state index is -0.987. The molecule has 1 saturated carbocycles. The zero-order valence-electron chi connectivity index (χ0n) is 31.4. The molecule has 2 aromatic carbocycles. The van der Waals surface area contributed by atoms with Gasteiger partial charge in [-0.15, -0.1) is 0 Å². The fourth-order valence-electron chi connectivity index (χ4n) is 7.54. The lowest BCUT2D eigenvalue weighted by atomic mass is 9.71. The SMILES string of the molecule is CC(C)CC(NC(=O)[C@@H](Cc1ccccc1)NC(=O)[C@H](N)Cc1ccccc1)C(=O)N[C@H](CCCCN)C(=O)N1CC2(CCN(C(=O)C3CC3)CC2)C1. The third-order valence-corrected chi connectivity index (χ3v) is 10.9. The van der Waals surface area contributed by atoms with Crippen molar-refractivity contribution in [2.75, 3.05) is 32.7 Å². The first-order chi connectivity index (χ1) is 25.5. The third kappa shape index (κ3) is 11.4. The fraction of sp³-hybridized carbons (Fsp3) is 0.585. The average molecular weight is 730 g/mol. The molecule has 3 fully saturated rings. The summed E-state index contributed by atoms with van der Waals surface area (Å²) >= 11 is 0. The minimum Gasteiger partial charge on any atom is -0.343 e. The van der Waals surface area contributed by atoms with Crippen LogP contribution in [0.4, 0.5) is 0 Å². The fourth-order valence-corrected chi connectivity index (χ4v) is 7.54. The van der Waals surface area contributed by atoms with Gasteiger partial charge in [0.2, 0.25) is 29.5 Å². The van der Waals surface area contributed by atoms with Crippen molar-refractivity contribution in [1.82, 2.24) is 25.8 Å². The van der Waals surface area contributed by atoms with Gasteiger partial charge < -0.3 is 37.2 Å². The highest BCUT2D eigenvalue weighted by atomic mass is 16.2. The summed E-state index contributed by atoms with van der Waals surface area (Å²) in [4.78, 5) is 71.6. The van der Waals surface area contributed by atoms with Gasteiger partial charge in [0, 0.05) is 43.9 Å². The Morgan fingerprint density at radius 3 is 1.85 bits per heavy atom. The van der Waals surface area contributed by atoms with E-state index in [4.69, 9.17) is 11.5 Å². The zero-order valence-corrected chi connectivity index (χ0v) is 31.4. The van der Waals surface area contributed by atoms with E-state index in [0.717, 1.165) is 49.9 Å². The van der Waals surface area contributed by atoms with Gasteiger partial charge in [0.05, 0.1) is 6.04 Å². The smallest absolute Gasteiger partial charge is 0.245 e. The Balaban J connectivity index is 1.23. The Labute approximate surface area is 314 Å². The van der Waals surface area contributed by atoms with E-state index < -0.39 is 41.9 Å². The molecule has 7 N–H and O–H groups in total. The molecule has 12 heteroatoms.